The molecule has 0 atom stereocenters. The van der Waals surface area contributed by atoms with Crippen molar-refractivity contribution in [1.29, 1.82) is 0 Å². The van der Waals surface area contributed by atoms with Crippen molar-refractivity contribution < 1.29 is 22.7 Å². The number of sulfonamides is 1. The fourth-order valence-electron chi connectivity index (χ4n) is 2.72. The summed E-state index contributed by atoms with van der Waals surface area (Å²) in [7, 11) is -0.860. The van der Waals surface area contributed by atoms with Gasteiger partial charge in [0.1, 0.15) is 11.5 Å². The number of carbonyl (C=O) groups excluding carboxylic acids is 1. The Bertz CT molecular complexity index is 1090. The number of ether oxygens (including phenoxy) is 2. The normalized spacial score (nSPS) is 11.1. The molecule has 3 rings (SSSR count). The Balaban J connectivity index is 2.03. The lowest BCUT2D eigenvalue weighted by Gasteiger charge is -2.23. The van der Waals surface area contributed by atoms with Gasteiger partial charge in [0.05, 0.1) is 25.7 Å². The van der Waals surface area contributed by atoms with Crippen molar-refractivity contribution in [1.82, 2.24) is 4.98 Å². The highest BCUT2D eigenvalue weighted by Gasteiger charge is 2.28. The predicted octanol–water partition coefficient (Wildman–Crippen LogP) is 3.76. The van der Waals surface area contributed by atoms with Crippen LogP contribution in [0.25, 0.3) is 0 Å². The number of benzene rings is 2. The van der Waals surface area contributed by atoms with Crippen molar-refractivity contribution in [2.75, 3.05) is 18.5 Å². The third-order valence-electron chi connectivity index (χ3n) is 4.29. The first-order valence-electron chi connectivity index (χ1n) is 8.61. The zero-order valence-corrected chi connectivity index (χ0v) is 17.8. The third-order valence-corrected chi connectivity index (χ3v) is 6.95. The van der Waals surface area contributed by atoms with Gasteiger partial charge in [0.15, 0.2) is 10.9 Å². The van der Waals surface area contributed by atoms with E-state index in [-0.39, 0.29) is 17.2 Å². The zero-order valence-electron chi connectivity index (χ0n) is 16.2. The van der Waals surface area contributed by atoms with Gasteiger partial charge in [-0.05, 0) is 31.2 Å². The molecule has 0 unspecified atom stereocenters. The van der Waals surface area contributed by atoms with Crippen molar-refractivity contribution in [3.63, 3.8) is 0 Å². The summed E-state index contributed by atoms with van der Waals surface area (Å²) >= 11 is 1.22. The standard InChI is InChI=1S/C20H20N2O5S2/c1-14(23)15-5-8-18(9-6-15)29(24,25)22(20-21-10-11-28-20)13-16-4-7-17(26-2)12-19(16)27-3/h4-12H,13H2,1-3H3. The lowest BCUT2D eigenvalue weighted by molar-refractivity contribution is 0.101. The summed E-state index contributed by atoms with van der Waals surface area (Å²) in [4.78, 5) is 15.8. The molecule has 0 aliphatic rings. The number of nitrogens with zero attached hydrogens (tertiary/aromatic N) is 2. The van der Waals surface area contributed by atoms with Crippen molar-refractivity contribution >= 4 is 32.3 Å². The maximum absolute atomic E-state index is 13.4. The molecule has 0 fully saturated rings. The van der Waals surface area contributed by atoms with E-state index >= 15 is 0 Å². The number of Topliss-reactive ketones (excluding diaryl/α,β-unsaturated/α-hetero) is 1. The van der Waals surface area contributed by atoms with Crippen LogP contribution in [0.15, 0.2) is 58.9 Å². The van der Waals surface area contributed by atoms with Crippen LogP contribution in [0.5, 0.6) is 11.5 Å². The van der Waals surface area contributed by atoms with Crippen LogP contribution in [0, 0.1) is 0 Å². The van der Waals surface area contributed by atoms with Crippen LogP contribution in [0.2, 0.25) is 0 Å². The fourth-order valence-corrected chi connectivity index (χ4v) is 4.99. The molecule has 7 nitrogen and oxygen atoms in total. The molecule has 0 bridgehead atoms. The molecule has 152 valence electrons. The first-order valence-corrected chi connectivity index (χ1v) is 10.9. The minimum absolute atomic E-state index is 0.0253. The van der Waals surface area contributed by atoms with Gasteiger partial charge in [-0.2, -0.15) is 0 Å². The van der Waals surface area contributed by atoms with Gasteiger partial charge in [-0.1, -0.05) is 12.1 Å². The summed E-state index contributed by atoms with van der Waals surface area (Å²) in [5.41, 5.74) is 1.11. The third kappa shape index (κ3) is 4.41. The minimum atomic E-state index is -3.92. The summed E-state index contributed by atoms with van der Waals surface area (Å²) < 4.78 is 38.6. The lowest BCUT2D eigenvalue weighted by Crippen LogP contribution is -2.30. The van der Waals surface area contributed by atoms with Gasteiger partial charge < -0.3 is 9.47 Å². The van der Waals surface area contributed by atoms with Crippen molar-refractivity contribution in [3.8, 4) is 11.5 Å². The molecule has 29 heavy (non-hydrogen) atoms. The van der Waals surface area contributed by atoms with Gasteiger partial charge in [-0.25, -0.2) is 17.7 Å². The van der Waals surface area contributed by atoms with Gasteiger partial charge >= 0.3 is 0 Å². The van der Waals surface area contributed by atoms with E-state index < -0.39 is 10.0 Å². The summed E-state index contributed by atoms with van der Waals surface area (Å²) in [5, 5.41) is 2.04. The number of methoxy groups -OCH3 is 2. The molecular formula is C20H20N2O5S2. The largest absolute Gasteiger partial charge is 0.497 e. The van der Waals surface area contributed by atoms with E-state index in [9.17, 15) is 13.2 Å². The Morgan fingerprint density at radius 3 is 2.38 bits per heavy atom. The molecule has 0 radical (unpaired) electrons. The summed E-state index contributed by atoms with van der Waals surface area (Å²) in [6.07, 6.45) is 1.55. The topological polar surface area (TPSA) is 85.8 Å². The van der Waals surface area contributed by atoms with Gasteiger partial charge in [-0.3, -0.25) is 4.79 Å². The summed E-state index contributed by atoms with van der Waals surface area (Å²) in [6, 6.07) is 11.1. The van der Waals surface area contributed by atoms with Gasteiger partial charge in [-0.15, -0.1) is 11.3 Å². The molecule has 0 saturated heterocycles. The van der Waals surface area contributed by atoms with Crippen LogP contribution in [0.3, 0.4) is 0 Å². The molecule has 0 aliphatic heterocycles. The molecule has 0 amide bonds. The average Bonchev–Trinajstić information content (AvgIpc) is 3.26. The van der Waals surface area contributed by atoms with E-state index in [0.717, 1.165) is 0 Å². The second kappa shape index (κ2) is 8.62. The van der Waals surface area contributed by atoms with Crippen LogP contribution >= 0.6 is 11.3 Å². The number of anilines is 1. The second-order valence-corrected chi connectivity index (χ2v) is 8.82. The summed E-state index contributed by atoms with van der Waals surface area (Å²) in [6.45, 7) is 1.46. The highest BCUT2D eigenvalue weighted by molar-refractivity contribution is 7.93. The monoisotopic (exact) mass is 432 g/mol. The van der Waals surface area contributed by atoms with Gasteiger partial charge in [0.2, 0.25) is 0 Å². The SMILES string of the molecule is COc1ccc(CN(c2nccs2)S(=O)(=O)c2ccc(C(C)=O)cc2)c(OC)c1. The van der Waals surface area contributed by atoms with Gasteiger partial charge in [0.25, 0.3) is 10.0 Å². The Kier molecular flexibility index (Phi) is 6.19. The molecule has 1 aromatic heterocycles. The molecule has 9 heteroatoms. The number of ketones is 1. The number of rotatable bonds is 8. The Labute approximate surface area is 173 Å². The van der Waals surface area contributed by atoms with E-state index in [1.54, 1.807) is 36.9 Å². The second-order valence-electron chi connectivity index (χ2n) is 6.08. The molecule has 0 spiro atoms. The Morgan fingerprint density at radius 2 is 1.83 bits per heavy atom. The Morgan fingerprint density at radius 1 is 1.10 bits per heavy atom. The van der Waals surface area contributed by atoms with Crippen LogP contribution in [-0.4, -0.2) is 33.4 Å². The van der Waals surface area contributed by atoms with E-state index in [1.807, 2.05) is 0 Å². The van der Waals surface area contributed by atoms with E-state index in [0.29, 0.717) is 27.8 Å². The molecule has 0 N–H and O–H groups in total. The number of thiazole rings is 1. The van der Waals surface area contributed by atoms with Crippen LogP contribution in [0.4, 0.5) is 5.13 Å². The minimum Gasteiger partial charge on any atom is -0.497 e. The van der Waals surface area contributed by atoms with E-state index in [1.165, 1.54) is 53.9 Å². The molecular weight excluding hydrogens is 412 g/mol. The zero-order chi connectivity index (χ0) is 21.0. The van der Waals surface area contributed by atoms with Crippen molar-refractivity contribution in [2.45, 2.75) is 18.4 Å². The van der Waals surface area contributed by atoms with Crippen LogP contribution in [-0.2, 0) is 16.6 Å². The molecule has 0 saturated carbocycles. The van der Waals surface area contributed by atoms with Crippen LogP contribution < -0.4 is 13.8 Å². The molecule has 2 aromatic carbocycles. The molecule has 1 heterocycles. The maximum Gasteiger partial charge on any atom is 0.266 e. The quantitative estimate of drug-likeness (QED) is 0.504. The fraction of sp³-hybridized carbons (Fsp3) is 0.200. The number of hydrogen-bond acceptors (Lipinski definition) is 7. The average molecular weight is 433 g/mol. The summed E-state index contributed by atoms with van der Waals surface area (Å²) in [5.74, 6) is 0.982. The Hall–Kier alpha value is -2.91. The molecule has 0 aliphatic carbocycles. The highest BCUT2D eigenvalue weighted by Crippen LogP contribution is 2.32. The van der Waals surface area contributed by atoms with E-state index in [2.05, 4.69) is 4.98 Å². The number of aromatic nitrogens is 1. The lowest BCUT2D eigenvalue weighted by atomic mass is 10.2. The highest BCUT2D eigenvalue weighted by atomic mass is 32.2. The number of carbonyl (C=O) groups is 1. The first kappa shape index (κ1) is 20.8. The van der Waals surface area contributed by atoms with Crippen molar-refractivity contribution in [3.05, 3.63) is 65.2 Å². The maximum atomic E-state index is 13.4. The smallest absolute Gasteiger partial charge is 0.266 e. The first-order chi connectivity index (χ1) is 13.9. The van der Waals surface area contributed by atoms with Crippen molar-refractivity contribution in [2.24, 2.45) is 0 Å². The number of hydrogen-bond donors (Lipinski definition) is 0. The van der Waals surface area contributed by atoms with Crippen LogP contribution in [0.1, 0.15) is 22.8 Å². The predicted molar refractivity (Wildman–Crippen MR) is 111 cm³/mol. The van der Waals surface area contributed by atoms with E-state index in [4.69, 9.17) is 9.47 Å². The molecule has 3 aromatic rings. The van der Waals surface area contributed by atoms with Gasteiger partial charge in [0, 0.05) is 28.8 Å².